The highest BCUT2D eigenvalue weighted by Gasteiger charge is 2.02. The van der Waals surface area contributed by atoms with Gasteiger partial charge in [-0.2, -0.15) is 4.98 Å². The smallest absolute Gasteiger partial charge is 0.226 e. The molecule has 0 unspecified atom stereocenters. The van der Waals surface area contributed by atoms with E-state index < -0.39 is 0 Å². The molecule has 0 aliphatic carbocycles. The van der Waals surface area contributed by atoms with Gasteiger partial charge < -0.3 is 15.2 Å². The van der Waals surface area contributed by atoms with E-state index in [2.05, 4.69) is 39.6 Å². The number of guanidine groups is 1. The van der Waals surface area contributed by atoms with Crippen molar-refractivity contribution in [1.29, 1.82) is 0 Å². The summed E-state index contributed by atoms with van der Waals surface area (Å²) in [6.07, 6.45) is 2.87. The maximum atomic E-state index is 5.05. The van der Waals surface area contributed by atoms with Crippen molar-refractivity contribution in [3.8, 4) is 0 Å². The van der Waals surface area contributed by atoms with Crippen LogP contribution in [0, 0.1) is 12.8 Å². The summed E-state index contributed by atoms with van der Waals surface area (Å²) in [4.78, 5) is 8.34. The fraction of sp³-hybridized carbons (Fsp3) is 0.769. The maximum Gasteiger partial charge on any atom is 0.226 e. The van der Waals surface area contributed by atoms with Crippen LogP contribution in [0.25, 0.3) is 0 Å². The number of aryl methyl sites for hydroxylation is 2. The Morgan fingerprint density at radius 3 is 2.55 bits per heavy atom. The first-order chi connectivity index (χ1) is 9.11. The molecule has 2 N–H and O–H groups in total. The van der Waals surface area contributed by atoms with E-state index in [0.717, 1.165) is 38.3 Å². The molecule has 0 saturated heterocycles. The lowest BCUT2D eigenvalue weighted by Gasteiger charge is -2.12. The van der Waals surface area contributed by atoms with Crippen LogP contribution in [0.1, 0.15) is 38.4 Å². The Bertz CT molecular complexity index is 392. The minimum absolute atomic E-state index is 0. The molecule has 0 amide bonds. The van der Waals surface area contributed by atoms with Gasteiger partial charge in [0.05, 0.1) is 0 Å². The normalized spacial score (nSPS) is 11.3. The Morgan fingerprint density at radius 1 is 1.30 bits per heavy atom. The molecular formula is C13H26IN5O. The molecule has 1 aromatic rings. The monoisotopic (exact) mass is 395 g/mol. The van der Waals surface area contributed by atoms with Crippen LogP contribution in [0.4, 0.5) is 0 Å². The number of aromatic nitrogens is 2. The van der Waals surface area contributed by atoms with Gasteiger partial charge in [0, 0.05) is 26.6 Å². The molecule has 116 valence electrons. The first-order valence-corrected chi connectivity index (χ1v) is 6.85. The zero-order valence-corrected chi connectivity index (χ0v) is 15.1. The van der Waals surface area contributed by atoms with E-state index in [0.29, 0.717) is 17.6 Å². The average Bonchev–Trinajstić information content (AvgIpc) is 2.77. The number of hydrogen-bond donors (Lipinski definition) is 2. The molecule has 7 heteroatoms. The second-order valence-corrected chi connectivity index (χ2v) is 4.95. The average molecular weight is 395 g/mol. The van der Waals surface area contributed by atoms with Gasteiger partial charge in [0.15, 0.2) is 11.8 Å². The Morgan fingerprint density at radius 2 is 2.00 bits per heavy atom. The van der Waals surface area contributed by atoms with Gasteiger partial charge in [-0.3, -0.25) is 4.99 Å². The quantitative estimate of drug-likeness (QED) is 0.320. The molecule has 0 atom stereocenters. The summed E-state index contributed by atoms with van der Waals surface area (Å²) in [6.45, 7) is 8.03. The number of nitrogens with one attached hydrogen (secondary N) is 2. The number of hydrogen-bond acceptors (Lipinski definition) is 4. The van der Waals surface area contributed by atoms with Gasteiger partial charge in [0.2, 0.25) is 5.89 Å². The van der Waals surface area contributed by atoms with Gasteiger partial charge in [-0.05, 0) is 25.7 Å². The first kappa shape index (κ1) is 19.1. The molecule has 0 saturated carbocycles. The second kappa shape index (κ2) is 10.9. The van der Waals surface area contributed by atoms with Gasteiger partial charge in [-0.1, -0.05) is 19.0 Å². The summed E-state index contributed by atoms with van der Waals surface area (Å²) >= 11 is 0. The summed E-state index contributed by atoms with van der Waals surface area (Å²) in [5.74, 6) is 2.94. The Labute approximate surface area is 138 Å². The topological polar surface area (TPSA) is 75.3 Å². The molecule has 1 rings (SSSR count). The van der Waals surface area contributed by atoms with Crippen molar-refractivity contribution in [2.75, 3.05) is 20.1 Å². The number of halogens is 1. The van der Waals surface area contributed by atoms with Gasteiger partial charge in [0.1, 0.15) is 0 Å². The zero-order chi connectivity index (χ0) is 14.1. The molecule has 1 heterocycles. The highest BCUT2D eigenvalue weighted by molar-refractivity contribution is 14.0. The van der Waals surface area contributed by atoms with E-state index in [4.69, 9.17) is 4.52 Å². The SMILES string of the molecule is CN=C(NCCCc1nc(C)no1)NCCC(C)C.I. The minimum Gasteiger partial charge on any atom is -0.356 e. The van der Waals surface area contributed by atoms with Crippen LogP contribution in [0.2, 0.25) is 0 Å². The lowest BCUT2D eigenvalue weighted by atomic mass is 10.1. The Balaban J connectivity index is 0.00000361. The number of rotatable bonds is 7. The second-order valence-electron chi connectivity index (χ2n) is 4.95. The lowest BCUT2D eigenvalue weighted by Crippen LogP contribution is -2.38. The predicted molar refractivity (Wildman–Crippen MR) is 91.6 cm³/mol. The largest absolute Gasteiger partial charge is 0.356 e. The van der Waals surface area contributed by atoms with Crippen molar-refractivity contribution < 1.29 is 4.52 Å². The van der Waals surface area contributed by atoms with Gasteiger partial charge in [0.25, 0.3) is 0 Å². The molecule has 6 nitrogen and oxygen atoms in total. The third-order valence-corrected chi connectivity index (χ3v) is 2.67. The zero-order valence-electron chi connectivity index (χ0n) is 12.8. The fourth-order valence-corrected chi connectivity index (χ4v) is 1.59. The van der Waals surface area contributed by atoms with E-state index in [1.807, 2.05) is 6.92 Å². The highest BCUT2D eigenvalue weighted by Crippen LogP contribution is 1.99. The van der Waals surface area contributed by atoms with Crippen LogP contribution in [0.3, 0.4) is 0 Å². The predicted octanol–water partition coefficient (Wildman–Crippen LogP) is 2.14. The van der Waals surface area contributed by atoms with E-state index in [1.165, 1.54) is 0 Å². The van der Waals surface area contributed by atoms with E-state index in [9.17, 15) is 0 Å². The van der Waals surface area contributed by atoms with Crippen molar-refractivity contribution in [1.82, 2.24) is 20.8 Å². The number of aliphatic imine (C=N–C) groups is 1. The summed E-state index contributed by atoms with van der Waals surface area (Å²) in [5, 5.41) is 10.3. The molecule has 0 aliphatic heterocycles. The Hall–Kier alpha value is -0.860. The van der Waals surface area contributed by atoms with Crippen molar-refractivity contribution in [2.45, 2.75) is 40.0 Å². The van der Waals surface area contributed by atoms with Crippen molar-refractivity contribution in [3.05, 3.63) is 11.7 Å². The van der Waals surface area contributed by atoms with Crippen LogP contribution >= 0.6 is 24.0 Å². The van der Waals surface area contributed by atoms with E-state index >= 15 is 0 Å². The molecule has 0 aliphatic rings. The summed E-state index contributed by atoms with van der Waals surface area (Å²) in [6, 6.07) is 0. The van der Waals surface area contributed by atoms with Crippen molar-refractivity contribution >= 4 is 29.9 Å². The third-order valence-electron chi connectivity index (χ3n) is 2.67. The highest BCUT2D eigenvalue weighted by atomic mass is 127. The van der Waals surface area contributed by atoms with Crippen LogP contribution in [0.15, 0.2) is 9.52 Å². The van der Waals surface area contributed by atoms with Gasteiger partial charge >= 0.3 is 0 Å². The third kappa shape index (κ3) is 8.34. The molecule has 1 aromatic heterocycles. The minimum atomic E-state index is 0. The molecule has 0 fully saturated rings. The fourth-order valence-electron chi connectivity index (χ4n) is 1.59. The molecule has 0 aromatic carbocycles. The van der Waals surface area contributed by atoms with Crippen LogP contribution in [0.5, 0.6) is 0 Å². The van der Waals surface area contributed by atoms with Crippen LogP contribution in [-0.2, 0) is 6.42 Å². The van der Waals surface area contributed by atoms with Crippen LogP contribution < -0.4 is 10.6 Å². The van der Waals surface area contributed by atoms with Gasteiger partial charge in [-0.15, -0.1) is 24.0 Å². The summed E-state index contributed by atoms with van der Waals surface area (Å²) in [5.41, 5.74) is 0. The first-order valence-electron chi connectivity index (χ1n) is 6.85. The Kier molecular flexibility index (Phi) is 10.4. The summed E-state index contributed by atoms with van der Waals surface area (Å²) in [7, 11) is 1.78. The van der Waals surface area contributed by atoms with E-state index in [1.54, 1.807) is 7.05 Å². The molecular weight excluding hydrogens is 369 g/mol. The standard InChI is InChI=1S/C13H25N5O.HI/c1-10(2)7-9-16-13(14-4)15-8-5-6-12-17-11(3)18-19-12;/h10H,5-9H2,1-4H3,(H2,14,15,16);1H. The van der Waals surface area contributed by atoms with Crippen molar-refractivity contribution in [2.24, 2.45) is 10.9 Å². The van der Waals surface area contributed by atoms with Gasteiger partial charge in [-0.25, -0.2) is 0 Å². The molecule has 0 spiro atoms. The summed E-state index contributed by atoms with van der Waals surface area (Å²) < 4.78 is 5.05. The maximum absolute atomic E-state index is 5.05. The molecule has 0 bridgehead atoms. The molecule has 0 radical (unpaired) electrons. The van der Waals surface area contributed by atoms with E-state index in [-0.39, 0.29) is 24.0 Å². The van der Waals surface area contributed by atoms with Crippen LogP contribution in [-0.4, -0.2) is 36.2 Å². The number of nitrogens with zero attached hydrogens (tertiary/aromatic N) is 3. The lowest BCUT2D eigenvalue weighted by molar-refractivity contribution is 0.372. The van der Waals surface area contributed by atoms with Crippen molar-refractivity contribution in [3.63, 3.8) is 0 Å². The molecule has 20 heavy (non-hydrogen) atoms.